The lowest BCUT2D eigenvalue weighted by molar-refractivity contribution is 0.204. The van der Waals surface area contributed by atoms with E-state index in [9.17, 15) is 8.42 Å². The molecule has 5 heteroatoms. The van der Waals surface area contributed by atoms with E-state index in [4.69, 9.17) is 11.6 Å². The summed E-state index contributed by atoms with van der Waals surface area (Å²) in [6.45, 7) is 0.617. The Morgan fingerprint density at radius 2 is 1.93 bits per heavy atom. The highest BCUT2D eigenvalue weighted by Crippen LogP contribution is 2.35. The fraction of sp³-hybridized carbons (Fsp3) is 0.400. The molecule has 0 N–H and O–H groups in total. The van der Waals surface area contributed by atoms with Crippen LogP contribution in [0.4, 0.5) is 0 Å². The van der Waals surface area contributed by atoms with E-state index in [1.807, 2.05) is 12.1 Å². The van der Waals surface area contributed by atoms with Gasteiger partial charge in [0, 0.05) is 11.6 Å². The fourth-order valence-corrected chi connectivity index (χ4v) is 3.03. The summed E-state index contributed by atoms with van der Waals surface area (Å²) >= 11 is 5.77. The van der Waals surface area contributed by atoms with E-state index < -0.39 is 10.0 Å². The fourth-order valence-electron chi connectivity index (χ4n) is 1.78. The molecule has 1 aliphatic rings. The molecule has 1 heterocycles. The summed E-state index contributed by atoms with van der Waals surface area (Å²) in [4.78, 5) is 0. The van der Waals surface area contributed by atoms with Crippen LogP contribution >= 0.6 is 11.6 Å². The van der Waals surface area contributed by atoms with Crippen molar-refractivity contribution in [1.82, 2.24) is 4.31 Å². The summed E-state index contributed by atoms with van der Waals surface area (Å²) in [5.41, 5.74) is 1.01. The number of benzene rings is 1. The maximum Gasteiger partial charge on any atom is 0.211 e. The van der Waals surface area contributed by atoms with Crippen LogP contribution in [-0.2, 0) is 10.0 Å². The number of hydrogen-bond donors (Lipinski definition) is 0. The molecule has 0 aromatic heterocycles. The zero-order valence-electron chi connectivity index (χ0n) is 8.35. The van der Waals surface area contributed by atoms with E-state index in [0.29, 0.717) is 11.6 Å². The molecule has 1 aliphatic heterocycles. The average Bonchev–Trinajstić information content (AvgIpc) is 2.03. The van der Waals surface area contributed by atoms with Crippen molar-refractivity contribution < 1.29 is 8.42 Å². The SMILES string of the molecule is CS(=O)(=O)N1CCC1c1ccc(Cl)cc1. The standard InChI is InChI=1S/C10H12ClNO2S/c1-15(13,14)12-7-6-10(12)8-2-4-9(11)5-3-8/h2-5,10H,6-7H2,1H3. The summed E-state index contributed by atoms with van der Waals surface area (Å²) in [5, 5.41) is 0.670. The van der Waals surface area contributed by atoms with Crippen molar-refractivity contribution in [3.05, 3.63) is 34.9 Å². The van der Waals surface area contributed by atoms with Crippen molar-refractivity contribution in [3.63, 3.8) is 0 Å². The molecular weight excluding hydrogens is 234 g/mol. The molecular formula is C10H12ClNO2S. The first-order valence-corrected chi connectivity index (χ1v) is 6.93. The van der Waals surface area contributed by atoms with Gasteiger partial charge in [-0.05, 0) is 24.1 Å². The van der Waals surface area contributed by atoms with Crippen LogP contribution in [0.25, 0.3) is 0 Å². The van der Waals surface area contributed by atoms with Crippen LogP contribution in [0.15, 0.2) is 24.3 Å². The number of halogens is 1. The van der Waals surface area contributed by atoms with Gasteiger partial charge >= 0.3 is 0 Å². The Labute approximate surface area is 94.7 Å². The van der Waals surface area contributed by atoms with Crippen molar-refractivity contribution in [2.45, 2.75) is 12.5 Å². The van der Waals surface area contributed by atoms with Crippen LogP contribution in [0.1, 0.15) is 18.0 Å². The lowest BCUT2D eigenvalue weighted by Crippen LogP contribution is -2.44. The van der Waals surface area contributed by atoms with Crippen LogP contribution in [0.3, 0.4) is 0 Å². The molecule has 3 nitrogen and oxygen atoms in total. The summed E-state index contributed by atoms with van der Waals surface area (Å²) in [7, 11) is -3.07. The molecule has 0 spiro atoms. The number of hydrogen-bond acceptors (Lipinski definition) is 2. The summed E-state index contributed by atoms with van der Waals surface area (Å²) in [5.74, 6) is 0. The highest BCUT2D eigenvalue weighted by Gasteiger charge is 2.35. The summed E-state index contributed by atoms with van der Waals surface area (Å²) < 4.78 is 24.2. The highest BCUT2D eigenvalue weighted by molar-refractivity contribution is 7.88. The lowest BCUT2D eigenvalue weighted by atomic mass is 9.98. The molecule has 1 fully saturated rings. The number of nitrogens with zero attached hydrogens (tertiary/aromatic N) is 1. The van der Waals surface area contributed by atoms with E-state index in [-0.39, 0.29) is 6.04 Å². The second kappa shape index (κ2) is 3.77. The topological polar surface area (TPSA) is 37.4 Å². The minimum atomic E-state index is -3.07. The zero-order chi connectivity index (χ0) is 11.1. The predicted octanol–water partition coefficient (Wildman–Crippen LogP) is 2.05. The molecule has 0 aliphatic carbocycles. The first-order chi connectivity index (χ1) is 6.98. The van der Waals surface area contributed by atoms with Gasteiger partial charge in [-0.3, -0.25) is 0 Å². The van der Waals surface area contributed by atoms with Crippen molar-refractivity contribution in [1.29, 1.82) is 0 Å². The van der Waals surface area contributed by atoms with Gasteiger partial charge in [0.15, 0.2) is 0 Å². The van der Waals surface area contributed by atoms with E-state index in [2.05, 4.69) is 0 Å². The minimum Gasteiger partial charge on any atom is -0.212 e. The molecule has 1 unspecified atom stereocenters. The third kappa shape index (κ3) is 2.17. The van der Waals surface area contributed by atoms with Gasteiger partial charge in [-0.25, -0.2) is 8.42 Å². The Kier molecular flexibility index (Phi) is 2.75. The van der Waals surface area contributed by atoms with Crippen LogP contribution in [-0.4, -0.2) is 25.5 Å². The summed E-state index contributed by atoms with van der Waals surface area (Å²) in [6.07, 6.45) is 2.13. The van der Waals surface area contributed by atoms with Gasteiger partial charge in [0.25, 0.3) is 0 Å². The Bertz CT molecular complexity index is 455. The Balaban J connectivity index is 2.23. The van der Waals surface area contributed by atoms with Gasteiger partial charge in [0.2, 0.25) is 10.0 Å². The molecule has 1 atom stereocenters. The molecule has 82 valence electrons. The average molecular weight is 246 g/mol. The molecule has 0 saturated carbocycles. The van der Waals surface area contributed by atoms with E-state index in [1.54, 1.807) is 12.1 Å². The number of sulfonamides is 1. The maximum absolute atomic E-state index is 11.4. The third-order valence-corrected chi connectivity index (χ3v) is 4.19. The first kappa shape index (κ1) is 10.9. The first-order valence-electron chi connectivity index (χ1n) is 4.71. The van der Waals surface area contributed by atoms with Gasteiger partial charge in [0.05, 0.1) is 12.3 Å². The lowest BCUT2D eigenvalue weighted by Gasteiger charge is -2.39. The van der Waals surface area contributed by atoms with Gasteiger partial charge in [-0.15, -0.1) is 0 Å². The molecule has 0 amide bonds. The second-order valence-corrected chi connectivity index (χ2v) is 6.10. The highest BCUT2D eigenvalue weighted by atomic mass is 35.5. The molecule has 0 radical (unpaired) electrons. The second-order valence-electron chi connectivity index (χ2n) is 3.73. The van der Waals surface area contributed by atoms with E-state index in [1.165, 1.54) is 10.6 Å². The van der Waals surface area contributed by atoms with Crippen molar-refractivity contribution >= 4 is 21.6 Å². The molecule has 15 heavy (non-hydrogen) atoms. The Hall–Kier alpha value is -0.580. The Morgan fingerprint density at radius 1 is 1.33 bits per heavy atom. The van der Waals surface area contributed by atoms with Crippen molar-refractivity contribution in [2.75, 3.05) is 12.8 Å². The van der Waals surface area contributed by atoms with Crippen molar-refractivity contribution in [2.24, 2.45) is 0 Å². The smallest absolute Gasteiger partial charge is 0.211 e. The minimum absolute atomic E-state index is 0.00253. The predicted molar refractivity (Wildman–Crippen MR) is 60.4 cm³/mol. The third-order valence-electron chi connectivity index (χ3n) is 2.65. The molecule has 0 bridgehead atoms. The molecule has 2 rings (SSSR count). The zero-order valence-corrected chi connectivity index (χ0v) is 9.92. The van der Waals surface area contributed by atoms with Crippen LogP contribution in [0, 0.1) is 0 Å². The van der Waals surface area contributed by atoms with Gasteiger partial charge in [-0.2, -0.15) is 4.31 Å². The van der Waals surface area contributed by atoms with Crippen LogP contribution < -0.4 is 0 Å². The van der Waals surface area contributed by atoms with Gasteiger partial charge in [-0.1, -0.05) is 23.7 Å². The van der Waals surface area contributed by atoms with E-state index in [0.717, 1.165) is 12.0 Å². The quantitative estimate of drug-likeness (QED) is 0.800. The number of rotatable bonds is 2. The molecule has 1 saturated heterocycles. The largest absolute Gasteiger partial charge is 0.212 e. The van der Waals surface area contributed by atoms with Gasteiger partial charge in [0.1, 0.15) is 0 Å². The van der Waals surface area contributed by atoms with Crippen LogP contribution in [0.5, 0.6) is 0 Å². The maximum atomic E-state index is 11.4. The monoisotopic (exact) mass is 245 g/mol. The molecule has 1 aromatic carbocycles. The van der Waals surface area contributed by atoms with E-state index >= 15 is 0 Å². The van der Waals surface area contributed by atoms with Gasteiger partial charge < -0.3 is 0 Å². The Morgan fingerprint density at radius 3 is 2.33 bits per heavy atom. The normalized spacial score (nSPS) is 22.4. The summed E-state index contributed by atoms with van der Waals surface area (Å²) in [6, 6.07) is 7.33. The van der Waals surface area contributed by atoms with Crippen LogP contribution in [0.2, 0.25) is 5.02 Å². The molecule has 1 aromatic rings. The van der Waals surface area contributed by atoms with Crippen molar-refractivity contribution in [3.8, 4) is 0 Å².